The first-order valence-corrected chi connectivity index (χ1v) is 11.0. The van der Waals surface area contributed by atoms with E-state index in [1.54, 1.807) is 91.0 Å². The summed E-state index contributed by atoms with van der Waals surface area (Å²) in [6.45, 7) is -0.416. The van der Waals surface area contributed by atoms with Crippen molar-refractivity contribution in [2.75, 3.05) is 6.61 Å². The van der Waals surface area contributed by atoms with Crippen LogP contribution < -0.4 is 0 Å². The highest BCUT2D eigenvalue weighted by atomic mass is 19.1. The molecule has 0 N–H and O–H groups in total. The summed E-state index contributed by atoms with van der Waals surface area (Å²) in [4.78, 5) is 37.8. The number of benzene rings is 3. The number of hydrogen-bond acceptors (Lipinski definition) is 7. The highest BCUT2D eigenvalue weighted by Gasteiger charge is 2.45. The van der Waals surface area contributed by atoms with Crippen LogP contribution in [0.2, 0.25) is 0 Å². The van der Waals surface area contributed by atoms with Gasteiger partial charge in [-0.3, -0.25) is 0 Å². The summed E-state index contributed by atoms with van der Waals surface area (Å²) in [5, 5.41) is 0. The summed E-state index contributed by atoms with van der Waals surface area (Å²) >= 11 is 0. The normalized spacial score (nSPS) is 21.5. The molecule has 0 spiro atoms. The van der Waals surface area contributed by atoms with Gasteiger partial charge in [0.2, 0.25) is 6.36 Å². The molecule has 0 aromatic heterocycles. The topological polar surface area (TPSA) is 88.1 Å². The van der Waals surface area contributed by atoms with Crippen molar-refractivity contribution in [1.82, 2.24) is 0 Å². The fourth-order valence-electron chi connectivity index (χ4n) is 3.64. The van der Waals surface area contributed by atoms with Gasteiger partial charge >= 0.3 is 17.9 Å². The van der Waals surface area contributed by atoms with Crippen molar-refractivity contribution in [3.8, 4) is 0 Å². The Morgan fingerprint density at radius 2 is 1.17 bits per heavy atom. The Kier molecular flexibility index (Phi) is 7.84. The molecule has 1 aliphatic heterocycles. The van der Waals surface area contributed by atoms with Gasteiger partial charge in [-0.15, -0.1) is 0 Å². The van der Waals surface area contributed by atoms with E-state index in [1.807, 2.05) is 0 Å². The zero-order chi connectivity index (χ0) is 24.6. The number of esters is 3. The standard InChI is InChI=1S/C27H23FO7/c28-23-16-21(34-26(30)19-12-6-2-7-13-19)24(35-27(31)20-14-8-3-9-15-20)22(33-23)17-32-25(29)18-10-4-1-5-11-18/h1-15,21-24H,16-17H2/t21-,22-,23-,24+/m1/s1. The van der Waals surface area contributed by atoms with Crippen LogP contribution in [0, 0.1) is 0 Å². The molecule has 3 aromatic carbocycles. The molecule has 0 saturated carbocycles. The molecule has 0 amide bonds. The van der Waals surface area contributed by atoms with Crippen LogP contribution >= 0.6 is 0 Å². The van der Waals surface area contributed by atoms with E-state index in [2.05, 4.69) is 0 Å². The molecule has 4 rings (SSSR count). The predicted molar refractivity (Wildman–Crippen MR) is 122 cm³/mol. The number of alkyl halides is 1. The molecule has 7 nitrogen and oxygen atoms in total. The molecular formula is C27H23FO7. The van der Waals surface area contributed by atoms with Crippen LogP contribution in [0.1, 0.15) is 37.5 Å². The van der Waals surface area contributed by atoms with Gasteiger partial charge in [-0.2, -0.15) is 0 Å². The first-order valence-electron chi connectivity index (χ1n) is 11.0. The lowest BCUT2D eigenvalue weighted by Gasteiger charge is -2.38. The van der Waals surface area contributed by atoms with Crippen LogP contribution in [-0.2, 0) is 18.9 Å². The number of ether oxygens (including phenoxy) is 4. The van der Waals surface area contributed by atoms with Gasteiger partial charge in [-0.25, -0.2) is 18.8 Å². The van der Waals surface area contributed by atoms with Crippen molar-refractivity contribution in [3.05, 3.63) is 108 Å². The minimum absolute atomic E-state index is 0.253. The molecule has 1 heterocycles. The second kappa shape index (κ2) is 11.4. The smallest absolute Gasteiger partial charge is 0.338 e. The number of carbonyl (C=O) groups is 3. The largest absolute Gasteiger partial charge is 0.459 e. The Hall–Kier alpha value is -4.04. The quantitative estimate of drug-likeness (QED) is 0.368. The molecule has 35 heavy (non-hydrogen) atoms. The van der Waals surface area contributed by atoms with Crippen molar-refractivity contribution >= 4 is 17.9 Å². The van der Waals surface area contributed by atoms with Gasteiger partial charge in [0.15, 0.2) is 6.10 Å². The van der Waals surface area contributed by atoms with E-state index in [-0.39, 0.29) is 17.5 Å². The Morgan fingerprint density at radius 1 is 0.714 bits per heavy atom. The fraction of sp³-hybridized carbons (Fsp3) is 0.222. The molecule has 1 saturated heterocycles. The summed E-state index contributed by atoms with van der Waals surface area (Å²) in [5.41, 5.74) is 0.808. The third kappa shape index (κ3) is 6.30. The lowest BCUT2D eigenvalue weighted by atomic mass is 10.0. The first-order chi connectivity index (χ1) is 17.0. The van der Waals surface area contributed by atoms with Gasteiger partial charge in [-0.1, -0.05) is 54.6 Å². The predicted octanol–water partition coefficient (Wildman–Crippen LogP) is 4.38. The maximum absolute atomic E-state index is 14.5. The Bertz CT molecular complexity index is 1140. The maximum atomic E-state index is 14.5. The summed E-state index contributed by atoms with van der Waals surface area (Å²) in [7, 11) is 0. The van der Waals surface area contributed by atoms with Crippen molar-refractivity contribution in [1.29, 1.82) is 0 Å². The second-order valence-electron chi connectivity index (χ2n) is 7.83. The number of halogens is 1. The molecule has 1 fully saturated rings. The fourth-order valence-corrected chi connectivity index (χ4v) is 3.64. The summed E-state index contributed by atoms with van der Waals surface area (Å²) < 4.78 is 36.3. The van der Waals surface area contributed by atoms with Gasteiger partial charge in [0, 0.05) is 6.42 Å². The molecule has 0 bridgehead atoms. The Morgan fingerprint density at radius 3 is 1.69 bits per heavy atom. The zero-order valence-electron chi connectivity index (χ0n) is 18.6. The van der Waals surface area contributed by atoms with E-state index in [0.717, 1.165) is 0 Å². The van der Waals surface area contributed by atoms with Crippen molar-refractivity contribution in [2.24, 2.45) is 0 Å². The number of rotatable bonds is 7. The minimum atomic E-state index is -1.82. The van der Waals surface area contributed by atoms with Crippen LogP contribution in [0.5, 0.6) is 0 Å². The van der Waals surface area contributed by atoms with Gasteiger partial charge in [-0.05, 0) is 36.4 Å². The average molecular weight is 478 g/mol. The molecule has 0 unspecified atom stereocenters. The monoisotopic (exact) mass is 478 g/mol. The van der Waals surface area contributed by atoms with Crippen LogP contribution in [0.15, 0.2) is 91.0 Å². The highest BCUT2D eigenvalue weighted by Crippen LogP contribution is 2.28. The first kappa shape index (κ1) is 24.1. The van der Waals surface area contributed by atoms with Crippen LogP contribution in [0.3, 0.4) is 0 Å². The molecular weight excluding hydrogens is 455 g/mol. The van der Waals surface area contributed by atoms with Crippen LogP contribution in [0.4, 0.5) is 4.39 Å². The van der Waals surface area contributed by atoms with E-state index in [1.165, 1.54) is 0 Å². The maximum Gasteiger partial charge on any atom is 0.338 e. The average Bonchev–Trinajstić information content (AvgIpc) is 2.90. The third-order valence-electron chi connectivity index (χ3n) is 5.38. The van der Waals surface area contributed by atoms with E-state index >= 15 is 0 Å². The molecule has 3 aromatic rings. The van der Waals surface area contributed by atoms with Crippen LogP contribution in [-0.4, -0.2) is 49.2 Å². The van der Waals surface area contributed by atoms with E-state index in [4.69, 9.17) is 18.9 Å². The van der Waals surface area contributed by atoms with Crippen LogP contribution in [0.25, 0.3) is 0 Å². The van der Waals surface area contributed by atoms with E-state index in [0.29, 0.717) is 5.56 Å². The van der Waals surface area contributed by atoms with Crippen molar-refractivity contribution < 1.29 is 37.7 Å². The Labute approximate surface area is 201 Å². The zero-order valence-corrected chi connectivity index (χ0v) is 18.6. The summed E-state index contributed by atoms with van der Waals surface area (Å²) in [6, 6.07) is 24.6. The van der Waals surface area contributed by atoms with Gasteiger partial charge in [0.05, 0.1) is 16.7 Å². The Balaban J connectivity index is 1.53. The van der Waals surface area contributed by atoms with E-state index in [9.17, 15) is 18.8 Å². The number of carbonyl (C=O) groups excluding carboxylic acids is 3. The van der Waals surface area contributed by atoms with E-state index < -0.39 is 49.2 Å². The molecule has 0 radical (unpaired) electrons. The van der Waals surface area contributed by atoms with Gasteiger partial charge in [0.1, 0.15) is 18.8 Å². The molecule has 180 valence electrons. The molecule has 1 aliphatic rings. The lowest BCUT2D eigenvalue weighted by molar-refractivity contribution is -0.214. The summed E-state index contributed by atoms with van der Waals surface area (Å²) in [5.74, 6) is -2.07. The van der Waals surface area contributed by atoms with Crippen molar-refractivity contribution in [2.45, 2.75) is 31.1 Å². The molecule has 4 atom stereocenters. The van der Waals surface area contributed by atoms with Gasteiger partial charge < -0.3 is 18.9 Å². The molecule has 0 aliphatic carbocycles. The lowest BCUT2D eigenvalue weighted by Crippen LogP contribution is -2.53. The molecule has 8 heteroatoms. The highest BCUT2D eigenvalue weighted by molar-refractivity contribution is 5.90. The number of hydrogen-bond donors (Lipinski definition) is 0. The van der Waals surface area contributed by atoms with Crippen molar-refractivity contribution in [3.63, 3.8) is 0 Å². The second-order valence-corrected chi connectivity index (χ2v) is 7.83. The van der Waals surface area contributed by atoms with Gasteiger partial charge in [0.25, 0.3) is 0 Å². The third-order valence-corrected chi connectivity index (χ3v) is 5.38. The SMILES string of the molecule is O=C(OC[C@H]1O[C@@H](F)C[C@@H](OC(=O)c2ccccc2)[C@@H]1OC(=O)c1ccccc1)c1ccccc1. The summed E-state index contributed by atoms with van der Waals surface area (Å²) in [6.07, 6.45) is -5.76. The minimum Gasteiger partial charge on any atom is -0.459 e.